The summed E-state index contributed by atoms with van der Waals surface area (Å²) in [6, 6.07) is 0. The molecule has 0 aromatic heterocycles. The van der Waals surface area contributed by atoms with E-state index < -0.39 is 5.97 Å². The van der Waals surface area contributed by atoms with E-state index in [1.165, 1.54) is 0 Å². The Kier molecular flexibility index (Phi) is 2.33. The molecule has 0 aromatic rings. The van der Waals surface area contributed by atoms with Crippen LogP contribution in [0, 0.1) is 0 Å². The van der Waals surface area contributed by atoms with E-state index in [9.17, 15) is 4.79 Å². The molecule has 4 heteroatoms. The van der Waals surface area contributed by atoms with Crippen molar-refractivity contribution in [3.8, 4) is 0 Å². The fraction of sp³-hybridized carbons (Fsp3) is 0. The van der Waals surface area contributed by atoms with Gasteiger partial charge in [0, 0.05) is 0 Å². The van der Waals surface area contributed by atoms with Gasteiger partial charge in [0.15, 0.2) is 0 Å². The average Bonchev–Trinajstić information content (AvgIpc) is 1.90. The topological polar surface area (TPSA) is 37.3 Å². The van der Waals surface area contributed by atoms with Crippen LogP contribution in [0.15, 0.2) is 21.7 Å². The molecule has 0 radical (unpaired) electrons. The number of aliphatic carboxylic acids is 1. The van der Waals surface area contributed by atoms with Gasteiger partial charge in [-0.25, -0.2) is 0 Å². The van der Waals surface area contributed by atoms with E-state index in [-0.39, 0.29) is 21.0 Å². The van der Waals surface area contributed by atoms with E-state index in [4.69, 9.17) is 5.11 Å². The number of hydrogen-bond donors (Lipinski definition) is 1. The van der Waals surface area contributed by atoms with Crippen molar-refractivity contribution in [2.45, 2.75) is 0 Å². The molecule has 0 aromatic carbocycles. The Labute approximate surface area is 63.9 Å². The number of halogens is 1. The summed E-state index contributed by atoms with van der Waals surface area (Å²) in [5.74, 6) is 1.29. The van der Waals surface area contributed by atoms with Crippen molar-refractivity contribution >= 4 is 32.1 Å². The van der Waals surface area contributed by atoms with Crippen LogP contribution in [-0.2, 0) is 4.79 Å². The summed E-state index contributed by atoms with van der Waals surface area (Å²) in [5, 5.41) is 9.46. The standard InChI is InChI=1S/C5H6BIO2/c8-5(9)4-2-1-3-6-7-4/h1-3,6-7H,(H,8,9). The Hall–Kier alpha value is -0.255. The van der Waals surface area contributed by atoms with Gasteiger partial charge in [-0.15, -0.1) is 0 Å². The molecule has 0 fully saturated rings. The molecule has 1 aliphatic rings. The first-order chi connectivity index (χ1) is 4.30. The van der Waals surface area contributed by atoms with Gasteiger partial charge >= 0.3 is 63.7 Å². The molecular weight excluding hydrogens is 230 g/mol. The molecule has 0 atom stereocenters. The molecule has 1 heterocycles. The normalized spacial score (nSPS) is 17.1. The third-order valence-corrected chi connectivity index (χ3v) is 3.73. The second kappa shape index (κ2) is 3.05. The molecule has 48 valence electrons. The third-order valence-electron chi connectivity index (χ3n) is 0.930. The minimum absolute atomic E-state index is 0.378. The summed E-state index contributed by atoms with van der Waals surface area (Å²) < 4.78 is 0.642. The predicted molar refractivity (Wildman–Crippen MR) is 47.4 cm³/mol. The van der Waals surface area contributed by atoms with Crippen LogP contribution in [0.4, 0.5) is 0 Å². The van der Waals surface area contributed by atoms with E-state index in [0.29, 0.717) is 3.58 Å². The second-order valence-corrected chi connectivity index (χ2v) is 4.61. The zero-order chi connectivity index (χ0) is 6.69. The van der Waals surface area contributed by atoms with Crippen LogP contribution in [0.5, 0.6) is 0 Å². The second-order valence-electron chi connectivity index (χ2n) is 1.58. The summed E-state index contributed by atoms with van der Waals surface area (Å²) in [6.45, 7) is 0. The van der Waals surface area contributed by atoms with Crippen LogP contribution in [0.3, 0.4) is 0 Å². The van der Waals surface area contributed by atoms with Gasteiger partial charge in [-0.05, 0) is 0 Å². The number of carboxylic acids is 1. The Bertz CT molecular complexity index is 185. The quantitative estimate of drug-likeness (QED) is 0.532. The Balaban J connectivity index is 2.68. The Morgan fingerprint density at radius 2 is 2.56 bits per heavy atom. The zero-order valence-electron chi connectivity index (χ0n) is 4.70. The molecule has 0 saturated carbocycles. The van der Waals surface area contributed by atoms with Crippen molar-refractivity contribution in [3.05, 3.63) is 21.7 Å². The van der Waals surface area contributed by atoms with Crippen molar-refractivity contribution in [1.29, 1.82) is 0 Å². The van der Waals surface area contributed by atoms with Crippen LogP contribution >= 0.6 is 21.0 Å². The Morgan fingerprint density at radius 1 is 1.78 bits per heavy atom. The summed E-state index contributed by atoms with van der Waals surface area (Å²) in [5.41, 5.74) is 0. The molecule has 0 saturated heterocycles. The first kappa shape index (κ1) is 6.86. The van der Waals surface area contributed by atoms with Crippen LogP contribution in [0.25, 0.3) is 0 Å². The molecule has 1 N–H and O–H groups in total. The monoisotopic (exact) mass is 236 g/mol. The van der Waals surface area contributed by atoms with Crippen LogP contribution in [0.1, 0.15) is 0 Å². The molecule has 9 heavy (non-hydrogen) atoms. The van der Waals surface area contributed by atoms with Crippen molar-refractivity contribution in [2.24, 2.45) is 0 Å². The first-order valence-corrected chi connectivity index (χ1v) is 5.35. The molecule has 1 rings (SSSR count). The minimum atomic E-state index is -0.734. The summed E-state index contributed by atoms with van der Waals surface area (Å²) in [6.07, 6.45) is 3.52. The van der Waals surface area contributed by atoms with Crippen LogP contribution < -0.4 is 0 Å². The van der Waals surface area contributed by atoms with E-state index in [1.54, 1.807) is 6.08 Å². The van der Waals surface area contributed by atoms with Gasteiger partial charge in [0.2, 0.25) is 0 Å². The van der Waals surface area contributed by atoms with Crippen molar-refractivity contribution in [3.63, 3.8) is 0 Å². The average molecular weight is 236 g/mol. The van der Waals surface area contributed by atoms with Crippen molar-refractivity contribution in [2.75, 3.05) is 0 Å². The molecule has 0 spiro atoms. The molecule has 2 nitrogen and oxygen atoms in total. The van der Waals surface area contributed by atoms with E-state index in [2.05, 4.69) is 0 Å². The predicted octanol–water partition coefficient (Wildman–Crippen LogP) is 0.537. The molecule has 0 bridgehead atoms. The van der Waals surface area contributed by atoms with Crippen LogP contribution in [-0.4, -0.2) is 16.2 Å². The van der Waals surface area contributed by atoms with E-state index in [1.807, 2.05) is 12.1 Å². The molecular formula is C5H6BIO2. The maximum absolute atomic E-state index is 10.3. The molecule has 0 amide bonds. The van der Waals surface area contributed by atoms with Gasteiger partial charge in [0.05, 0.1) is 0 Å². The van der Waals surface area contributed by atoms with Gasteiger partial charge in [-0.1, -0.05) is 0 Å². The van der Waals surface area contributed by atoms with Gasteiger partial charge in [0.25, 0.3) is 0 Å². The summed E-state index contributed by atoms with van der Waals surface area (Å²) >= 11 is -0.378. The zero-order valence-corrected chi connectivity index (χ0v) is 7.03. The summed E-state index contributed by atoms with van der Waals surface area (Å²) in [7, 11) is 0. The molecule has 0 aliphatic carbocycles. The first-order valence-electron chi connectivity index (χ1n) is 2.53. The number of carbonyl (C=O) groups is 1. The van der Waals surface area contributed by atoms with E-state index in [0.717, 1.165) is 5.14 Å². The number of allylic oxidation sites excluding steroid dienone is 2. The fourth-order valence-electron chi connectivity index (χ4n) is 0.530. The maximum atomic E-state index is 10.3. The number of rotatable bonds is 1. The number of hydrogen-bond acceptors (Lipinski definition) is 1. The van der Waals surface area contributed by atoms with Crippen LogP contribution in [0.2, 0.25) is 0 Å². The van der Waals surface area contributed by atoms with Gasteiger partial charge in [-0.3, -0.25) is 0 Å². The van der Waals surface area contributed by atoms with Crippen molar-refractivity contribution < 1.29 is 9.90 Å². The van der Waals surface area contributed by atoms with Gasteiger partial charge in [0.1, 0.15) is 0 Å². The fourth-order valence-corrected chi connectivity index (χ4v) is 2.49. The van der Waals surface area contributed by atoms with Gasteiger partial charge < -0.3 is 0 Å². The van der Waals surface area contributed by atoms with Gasteiger partial charge in [-0.2, -0.15) is 0 Å². The Morgan fingerprint density at radius 3 is 2.89 bits per heavy atom. The summed E-state index contributed by atoms with van der Waals surface area (Å²) in [4.78, 5) is 10.3. The van der Waals surface area contributed by atoms with Crippen molar-refractivity contribution in [1.82, 2.24) is 0 Å². The third kappa shape index (κ3) is 1.85. The number of carboxylic acid groups (broad SMARTS) is 1. The van der Waals surface area contributed by atoms with E-state index >= 15 is 0 Å². The SMILES string of the molecule is O=C(O)C1=CC=CB[IH]1. The molecule has 1 aliphatic heterocycles. The molecule has 0 unspecified atom stereocenters.